The molecular weight excluding hydrogens is 435 g/mol. The van der Waals surface area contributed by atoms with Crippen LogP contribution in [-0.4, -0.2) is 11.8 Å². The largest absolute Gasteiger partial charge is 0.350 e. The van der Waals surface area contributed by atoms with Gasteiger partial charge in [-0.25, -0.2) is 9.29 Å². The van der Waals surface area contributed by atoms with Gasteiger partial charge in [-0.3, -0.25) is 9.59 Å². The number of carbonyl (C=O) groups is 2. The minimum absolute atomic E-state index is 0.182. The van der Waals surface area contributed by atoms with E-state index in [1.54, 1.807) is 0 Å². The Morgan fingerprint density at radius 1 is 0.897 bits per heavy atom. The second-order valence-electron chi connectivity index (χ2n) is 6.67. The molecule has 3 aromatic rings. The molecule has 0 spiro atoms. The van der Waals surface area contributed by atoms with Crippen LogP contribution in [0.5, 0.6) is 0 Å². The van der Waals surface area contributed by atoms with Gasteiger partial charge >= 0.3 is 0 Å². The van der Waals surface area contributed by atoms with Gasteiger partial charge in [-0.05, 0) is 55.0 Å². The number of halogens is 2. The van der Waals surface area contributed by atoms with Gasteiger partial charge in [-0.15, -0.1) is 0 Å². The molecule has 29 heavy (non-hydrogen) atoms. The first kappa shape index (κ1) is 19.1. The highest BCUT2D eigenvalue weighted by molar-refractivity contribution is 9.10. The predicted octanol–water partition coefficient (Wildman–Crippen LogP) is 5.29. The van der Waals surface area contributed by atoms with Crippen LogP contribution < -0.4 is 10.2 Å². The van der Waals surface area contributed by atoms with Crippen molar-refractivity contribution in [2.45, 2.75) is 6.92 Å². The number of nitrogens with zero attached hydrogens (tertiary/aromatic N) is 1. The quantitative estimate of drug-likeness (QED) is 0.549. The molecule has 0 fully saturated rings. The zero-order chi connectivity index (χ0) is 20.5. The van der Waals surface area contributed by atoms with Gasteiger partial charge in [-0.1, -0.05) is 51.8 Å². The zero-order valence-electron chi connectivity index (χ0n) is 15.4. The number of hydrogen-bond donors (Lipinski definition) is 1. The smallest absolute Gasteiger partial charge is 0.282 e. The Morgan fingerprint density at radius 3 is 2.24 bits per heavy atom. The maximum absolute atomic E-state index is 13.3. The molecule has 1 heterocycles. The van der Waals surface area contributed by atoms with Gasteiger partial charge in [0.15, 0.2) is 0 Å². The van der Waals surface area contributed by atoms with Crippen molar-refractivity contribution in [2.24, 2.45) is 0 Å². The van der Waals surface area contributed by atoms with E-state index >= 15 is 0 Å². The van der Waals surface area contributed by atoms with Crippen molar-refractivity contribution in [1.82, 2.24) is 0 Å². The van der Waals surface area contributed by atoms with Crippen molar-refractivity contribution in [3.8, 4) is 0 Å². The summed E-state index contributed by atoms with van der Waals surface area (Å²) in [7, 11) is 0. The molecule has 1 N–H and O–H groups in total. The highest BCUT2D eigenvalue weighted by Gasteiger charge is 2.40. The SMILES string of the molecule is Cc1ccc(C2=C(Nc3cccc(Br)c3)C(=O)N(c3ccc(F)cc3)C2=O)cc1. The number of anilines is 2. The molecule has 0 saturated carbocycles. The molecule has 1 aliphatic rings. The second kappa shape index (κ2) is 7.64. The van der Waals surface area contributed by atoms with E-state index < -0.39 is 17.6 Å². The van der Waals surface area contributed by atoms with Crippen LogP contribution >= 0.6 is 15.9 Å². The zero-order valence-corrected chi connectivity index (χ0v) is 17.0. The lowest BCUT2D eigenvalue weighted by molar-refractivity contribution is -0.120. The Labute approximate surface area is 175 Å². The van der Waals surface area contributed by atoms with E-state index in [4.69, 9.17) is 0 Å². The molecule has 4 rings (SSSR count). The highest BCUT2D eigenvalue weighted by Crippen LogP contribution is 2.34. The molecule has 1 aliphatic heterocycles. The van der Waals surface area contributed by atoms with Crippen molar-refractivity contribution in [3.63, 3.8) is 0 Å². The third-order valence-corrected chi connectivity index (χ3v) is 5.10. The summed E-state index contributed by atoms with van der Waals surface area (Å²) < 4.78 is 14.2. The van der Waals surface area contributed by atoms with Gasteiger partial charge in [0.05, 0.1) is 11.3 Å². The number of hydrogen-bond acceptors (Lipinski definition) is 3. The summed E-state index contributed by atoms with van der Waals surface area (Å²) in [5.74, 6) is -1.38. The molecule has 0 unspecified atom stereocenters. The molecule has 6 heteroatoms. The molecule has 0 saturated heterocycles. The average Bonchev–Trinajstić information content (AvgIpc) is 2.93. The second-order valence-corrected chi connectivity index (χ2v) is 7.59. The minimum Gasteiger partial charge on any atom is -0.350 e. The maximum atomic E-state index is 13.3. The van der Waals surface area contributed by atoms with Crippen molar-refractivity contribution in [3.05, 3.63) is 99.9 Å². The van der Waals surface area contributed by atoms with E-state index in [2.05, 4.69) is 21.2 Å². The topological polar surface area (TPSA) is 49.4 Å². The maximum Gasteiger partial charge on any atom is 0.282 e. The number of rotatable bonds is 4. The van der Waals surface area contributed by atoms with E-state index in [9.17, 15) is 14.0 Å². The van der Waals surface area contributed by atoms with Crippen molar-refractivity contribution in [1.29, 1.82) is 0 Å². The lowest BCUT2D eigenvalue weighted by Gasteiger charge is -2.15. The Morgan fingerprint density at radius 2 is 1.59 bits per heavy atom. The normalized spacial score (nSPS) is 14.0. The molecule has 0 radical (unpaired) electrons. The fourth-order valence-corrected chi connectivity index (χ4v) is 3.57. The molecule has 0 bridgehead atoms. The van der Waals surface area contributed by atoms with Crippen molar-refractivity contribution >= 4 is 44.7 Å². The van der Waals surface area contributed by atoms with Crippen LogP contribution in [0.3, 0.4) is 0 Å². The lowest BCUT2D eigenvalue weighted by Crippen LogP contribution is -2.32. The first-order chi connectivity index (χ1) is 13.9. The van der Waals surface area contributed by atoms with Crippen LogP contribution in [0.25, 0.3) is 5.57 Å². The number of nitrogens with one attached hydrogen (secondary N) is 1. The summed E-state index contributed by atoms with van der Waals surface area (Å²) in [6.07, 6.45) is 0. The summed E-state index contributed by atoms with van der Waals surface area (Å²) in [5, 5.41) is 3.10. The fourth-order valence-electron chi connectivity index (χ4n) is 3.17. The Bertz CT molecular complexity index is 1140. The average molecular weight is 451 g/mol. The van der Waals surface area contributed by atoms with Crippen LogP contribution in [-0.2, 0) is 9.59 Å². The summed E-state index contributed by atoms with van der Waals surface area (Å²) in [6, 6.07) is 20.0. The summed E-state index contributed by atoms with van der Waals surface area (Å²) in [6.45, 7) is 1.95. The van der Waals surface area contributed by atoms with Gasteiger partial charge in [0.25, 0.3) is 11.8 Å². The first-order valence-corrected chi connectivity index (χ1v) is 9.71. The highest BCUT2D eigenvalue weighted by atomic mass is 79.9. The third kappa shape index (κ3) is 3.71. The molecule has 3 aromatic carbocycles. The van der Waals surface area contributed by atoms with Crippen LogP contribution in [0.1, 0.15) is 11.1 Å². The standard InChI is InChI=1S/C23H16BrFN2O2/c1-14-5-7-15(8-6-14)20-21(26-18-4-2-3-16(24)13-18)23(29)27(22(20)28)19-11-9-17(25)10-12-19/h2-13,26H,1H3. The Balaban J connectivity index is 1.82. The monoisotopic (exact) mass is 450 g/mol. The Kier molecular flexibility index (Phi) is 5.03. The van der Waals surface area contributed by atoms with Crippen molar-refractivity contribution in [2.75, 3.05) is 10.2 Å². The number of aryl methyl sites for hydroxylation is 1. The summed E-state index contributed by atoms with van der Waals surface area (Å²) >= 11 is 3.41. The fraction of sp³-hybridized carbons (Fsp3) is 0.0435. The van der Waals surface area contributed by atoms with Crippen LogP contribution in [0.4, 0.5) is 15.8 Å². The predicted molar refractivity (Wildman–Crippen MR) is 115 cm³/mol. The molecule has 0 aliphatic carbocycles. The van der Waals surface area contributed by atoms with E-state index in [1.165, 1.54) is 24.3 Å². The van der Waals surface area contributed by atoms with Gasteiger partial charge in [0.2, 0.25) is 0 Å². The molecule has 0 aromatic heterocycles. The number of carbonyl (C=O) groups excluding carboxylic acids is 2. The number of benzene rings is 3. The third-order valence-electron chi connectivity index (χ3n) is 4.60. The lowest BCUT2D eigenvalue weighted by atomic mass is 10.0. The first-order valence-electron chi connectivity index (χ1n) is 8.92. The van der Waals surface area contributed by atoms with Gasteiger partial charge in [-0.2, -0.15) is 0 Å². The molecule has 0 atom stereocenters. The van der Waals surface area contributed by atoms with E-state index in [0.29, 0.717) is 16.9 Å². The van der Waals surface area contributed by atoms with Crippen LogP contribution in [0, 0.1) is 12.7 Å². The van der Waals surface area contributed by atoms with Crippen molar-refractivity contribution < 1.29 is 14.0 Å². The van der Waals surface area contributed by atoms with E-state index in [1.807, 2.05) is 55.5 Å². The molecular formula is C23H16BrFN2O2. The van der Waals surface area contributed by atoms with E-state index in [0.717, 1.165) is 14.9 Å². The summed E-state index contributed by atoms with van der Waals surface area (Å²) in [5.41, 5.74) is 3.12. The van der Waals surface area contributed by atoms with Gasteiger partial charge in [0, 0.05) is 10.2 Å². The van der Waals surface area contributed by atoms with Gasteiger partial charge in [0.1, 0.15) is 11.5 Å². The number of amides is 2. The number of imide groups is 1. The summed E-state index contributed by atoms with van der Waals surface area (Å²) in [4.78, 5) is 27.5. The molecule has 2 amide bonds. The van der Waals surface area contributed by atoms with E-state index in [-0.39, 0.29) is 11.3 Å². The molecule has 144 valence electrons. The Hall–Kier alpha value is -3.25. The van der Waals surface area contributed by atoms with Crippen LogP contribution in [0.2, 0.25) is 0 Å². The minimum atomic E-state index is -0.489. The van der Waals surface area contributed by atoms with Crippen LogP contribution in [0.15, 0.2) is 83.0 Å². The molecule has 4 nitrogen and oxygen atoms in total. The van der Waals surface area contributed by atoms with Gasteiger partial charge < -0.3 is 5.32 Å².